The van der Waals surface area contributed by atoms with Crippen LogP contribution < -0.4 is 5.32 Å². The van der Waals surface area contributed by atoms with Gasteiger partial charge in [-0.25, -0.2) is 0 Å². The largest absolute Gasteiger partial charge is 0.508 e. The molecule has 0 heterocycles. The molecule has 1 aromatic rings. The van der Waals surface area contributed by atoms with E-state index < -0.39 is 6.10 Å². The van der Waals surface area contributed by atoms with Gasteiger partial charge in [0.15, 0.2) is 0 Å². The molecular weight excluding hydrogens is 218 g/mol. The zero-order valence-electron chi connectivity index (χ0n) is 9.76. The number of phenolic OH excluding ortho intramolecular Hbond substituents is 1. The molecule has 2 rings (SSSR count). The van der Waals surface area contributed by atoms with E-state index in [4.69, 9.17) is 5.11 Å². The first-order valence-corrected chi connectivity index (χ1v) is 6.05. The maximum absolute atomic E-state index is 9.51. The lowest BCUT2D eigenvalue weighted by Crippen LogP contribution is -2.33. The molecule has 4 N–H and O–H groups in total. The molecule has 0 spiro atoms. The van der Waals surface area contributed by atoms with E-state index in [1.165, 1.54) is 5.56 Å². The highest BCUT2D eigenvalue weighted by atomic mass is 16.3. The Labute approximate surface area is 101 Å². The van der Waals surface area contributed by atoms with Gasteiger partial charge in [-0.1, -0.05) is 6.07 Å². The van der Waals surface area contributed by atoms with Gasteiger partial charge < -0.3 is 20.6 Å². The zero-order chi connectivity index (χ0) is 12.3. The number of fused-ring (bicyclic) bond motifs is 1. The molecule has 0 fully saturated rings. The summed E-state index contributed by atoms with van der Waals surface area (Å²) in [5, 5.41) is 30.8. The van der Waals surface area contributed by atoms with Gasteiger partial charge in [-0.3, -0.25) is 0 Å². The van der Waals surface area contributed by atoms with Gasteiger partial charge in [-0.05, 0) is 42.5 Å². The summed E-state index contributed by atoms with van der Waals surface area (Å²) in [6, 6.07) is 5.62. The lowest BCUT2D eigenvalue weighted by atomic mass is 9.87. The highest BCUT2D eigenvalue weighted by Crippen LogP contribution is 2.31. The molecule has 1 aliphatic rings. The molecule has 0 bridgehead atoms. The van der Waals surface area contributed by atoms with Gasteiger partial charge >= 0.3 is 0 Å². The predicted octanol–water partition coefficient (Wildman–Crippen LogP) is 0.712. The number of hydrogen-bond donors (Lipinski definition) is 4. The topological polar surface area (TPSA) is 72.7 Å². The number of nitrogens with one attached hydrogen (secondary N) is 1. The Hall–Kier alpha value is -1.10. The van der Waals surface area contributed by atoms with Crippen LogP contribution in [0.4, 0.5) is 0 Å². The van der Waals surface area contributed by atoms with Crippen molar-refractivity contribution in [1.82, 2.24) is 5.32 Å². The summed E-state index contributed by atoms with van der Waals surface area (Å²) in [6.45, 7) is 0.142. The Balaban J connectivity index is 2.08. The van der Waals surface area contributed by atoms with Gasteiger partial charge in [0.05, 0.1) is 12.7 Å². The first kappa shape index (κ1) is 12.4. The second kappa shape index (κ2) is 5.49. The first-order valence-electron chi connectivity index (χ1n) is 6.05. The van der Waals surface area contributed by atoms with Crippen LogP contribution in [0.25, 0.3) is 0 Å². The van der Waals surface area contributed by atoms with Crippen molar-refractivity contribution in [3.05, 3.63) is 29.3 Å². The van der Waals surface area contributed by atoms with Crippen molar-refractivity contribution >= 4 is 0 Å². The Kier molecular flexibility index (Phi) is 3.99. The Morgan fingerprint density at radius 1 is 1.41 bits per heavy atom. The van der Waals surface area contributed by atoms with Crippen molar-refractivity contribution in [3.63, 3.8) is 0 Å². The van der Waals surface area contributed by atoms with Crippen molar-refractivity contribution < 1.29 is 15.3 Å². The molecule has 1 aromatic carbocycles. The fourth-order valence-corrected chi connectivity index (χ4v) is 2.34. The summed E-state index contributed by atoms with van der Waals surface area (Å²) >= 11 is 0. The van der Waals surface area contributed by atoms with Crippen molar-refractivity contribution in [2.75, 3.05) is 13.2 Å². The summed E-state index contributed by atoms with van der Waals surface area (Å²) in [7, 11) is 0. The third-order valence-corrected chi connectivity index (χ3v) is 3.25. The molecule has 0 saturated carbocycles. The predicted molar refractivity (Wildman–Crippen MR) is 64.9 cm³/mol. The maximum Gasteiger partial charge on any atom is 0.115 e. The van der Waals surface area contributed by atoms with E-state index in [0.717, 1.165) is 24.8 Å². The van der Waals surface area contributed by atoms with E-state index in [1.807, 2.05) is 6.07 Å². The third-order valence-electron chi connectivity index (χ3n) is 3.25. The van der Waals surface area contributed by atoms with Crippen LogP contribution in [0.3, 0.4) is 0 Å². The lowest BCUT2D eigenvalue weighted by molar-refractivity contribution is 0.0912. The van der Waals surface area contributed by atoms with Crippen LogP contribution in [0.15, 0.2) is 18.2 Å². The van der Waals surface area contributed by atoms with E-state index in [-0.39, 0.29) is 18.4 Å². The average molecular weight is 237 g/mol. The summed E-state index contributed by atoms with van der Waals surface area (Å²) in [6.07, 6.45) is 2.41. The zero-order valence-corrected chi connectivity index (χ0v) is 9.76. The highest BCUT2D eigenvalue weighted by molar-refractivity contribution is 5.38. The van der Waals surface area contributed by atoms with Gasteiger partial charge in [0.1, 0.15) is 5.75 Å². The number of phenols is 1. The number of benzene rings is 1. The summed E-state index contributed by atoms with van der Waals surface area (Å²) in [4.78, 5) is 0. The summed E-state index contributed by atoms with van der Waals surface area (Å²) in [5.41, 5.74) is 2.37. The van der Waals surface area contributed by atoms with Crippen molar-refractivity contribution in [3.8, 4) is 5.75 Å². The first-order chi connectivity index (χ1) is 8.20. The van der Waals surface area contributed by atoms with E-state index >= 15 is 0 Å². The minimum absolute atomic E-state index is 0.159. The molecule has 0 aliphatic heterocycles. The molecule has 2 atom stereocenters. The Bertz CT molecular complexity index is 381. The fourth-order valence-electron chi connectivity index (χ4n) is 2.34. The average Bonchev–Trinajstić information content (AvgIpc) is 2.35. The third kappa shape index (κ3) is 2.97. The highest BCUT2D eigenvalue weighted by Gasteiger charge is 2.20. The number of aromatic hydroxyl groups is 1. The van der Waals surface area contributed by atoms with E-state index in [2.05, 4.69) is 5.32 Å². The van der Waals surface area contributed by atoms with E-state index in [1.54, 1.807) is 12.1 Å². The summed E-state index contributed by atoms with van der Waals surface area (Å²) < 4.78 is 0. The van der Waals surface area contributed by atoms with Gasteiger partial charge in [0, 0.05) is 12.6 Å². The second-order valence-corrected chi connectivity index (χ2v) is 4.57. The lowest BCUT2D eigenvalue weighted by Gasteiger charge is -2.27. The van der Waals surface area contributed by atoms with Gasteiger partial charge in [-0.2, -0.15) is 0 Å². The minimum Gasteiger partial charge on any atom is -0.508 e. The van der Waals surface area contributed by atoms with Crippen LogP contribution in [-0.4, -0.2) is 34.6 Å². The maximum atomic E-state index is 9.51. The van der Waals surface area contributed by atoms with Crippen molar-refractivity contribution in [1.29, 1.82) is 0 Å². The molecule has 17 heavy (non-hydrogen) atoms. The van der Waals surface area contributed by atoms with Crippen LogP contribution in [0, 0.1) is 0 Å². The fraction of sp³-hybridized carbons (Fsp3) is 0.538. The van der Waals surface area contributed by atoms with E-state index in [9.17, 15) is 10.2 Å². The van der Waals surface area contributed by atoms with Gasteiger partial charge in [0.2, 0.25) is 0 Å². The smallest absolute Gasteiger partial charge is 0.115 e. The quantitative estimate of drug-likeness (QED) is 0.622. The Morgan fingerprint density at radius 3 is 3.00 bits per heavy atom. The number of aliphatic hydroxyl groups excluding tert-OH is 2. The Morgan fingerprint density at radius 2 is 2.24 bits per heavy atom. The normalized spacial score (nSPS) is 20.9. The SMILES string of the molecule is OCC(O)CNC1CCCc2ccc(O)cc21. The number of aliphatic hydroxyl groups is 2. The van der Waals surface area contributed by atoms with Gasteiger partial charge in [-0.15, -0.1) is 0 Å². The van der Waals surface area contributed by atoms with Crippen LogP contribution in [0.5, 0.6) is 5.75 Å². The van der Waals surface area contributed by atoms with Crippen LogP contribution in [-0.2, 0) is 6.42 Å². The van der Waals surface area contributed by atoms with Crippen molar-refractivity contribution in [2.45, 2.75) is 31.4 Å². The monoisotopic (exact) mass is 237 g/mol. The van der Waals surface area contributed by atoms with Gasteiger partial charge in [0.25, 0.3) is 0 Å². The van der Waals surface area contributed by atoms with E-state index in [0.29, 0.717) is 6.54 Å². The standard InChI is InChI=1S/C13H19NO3/c15-8-11(17)7-14-13-3-1-2-9-4-5-10(16)6-12(9)13/h4-6,11,13-17H,1-3,7-8H2. The molecule has 4 nitrogen and oxygen atoms in total. The number of hydrogen-bond acceptors (Lipinski definition) is 4. The molecule has 0 saturated heterocycles. The summed E-state index contributed by atoms with van der Waals surface area (Å²) in [5.74, 6) is 0.278. The second-order valence-electron chi connectivity index (χ2n) is 4.57. The van der Waals surface area contributed by atoms with Crippen molar-refractivity contribution in [2.24, 2.45) is 0 Å². The molecule has 4 heteroatoms. The molecule has 1 aliphatic carbocycles. The molecule has 94 valence electrons. The number of rotatable bonds is 4. The number of aryl methyl sites for hydroxylation is 1. The molecule has 0 radical (unpaired) electrons. The molecular formula is C13H19NO3. The molecule has 0 aromatic heterocycles. The van der Waals surface area contributed by atoms with Crippen LogP contribution >= 0.6 is 0 Å². The minimum atomic E-state index is -0.724. The molecule has 2 unspecified atom stereocenters. The van der Waals surface area contributed by atoms with Crippen LogP contribution in [0.2, 0.25) is 0 Å². The molecule has 0 amide bonds. The van der Waals surface area contributed by atoms with Crippen LogP contribution in [0.1, 0.15) is 30.0 Å².